The van der Waals surface area contributed by atoms with Crippen molar-refractivity contribution in [3.63, 3.8) is 0 Å². The summed E-state index contributed by atoms with van der Waals surface area (Å²) in [6, 6.07) is 15.7. The number of amides is 3. The zero-order valence-corrected chi connectivity index (χ0v) is 36.7. The zero-order chi connectivity index (χ0) is 43.8. The van der Waals surface area contributed by atoms with Crippen molar-refractivity contribution in [2.24, 2.45) is 5.41 Å². The number of pyridine rings is 1. The van der Waals surface area contributed by atoms with Crippen LogP contribution in [0.25, 0.3) is 28.0 Å². The summed E-state index contributed by atoms with van der Waals surface area (Å²) >= 11 is 0. The first-order valence-electron chi connectivity index (χ1n) is 23.6. The lowest BCUT2D eigenvalue weighted by Gasteiger charge is -2.42. The summed E-state index contributed by atoms with van der Waals surface area (Å²) in [4.78, 5) is 52.0. The molecule has 1 aromatic carbocycles. The minimum absolute atomic E-state index is 0.201. The van der Waals surface area contributed by atoms with E-state index in [2.05, 4.69) is 79.0 Å². The first-order chi connectivity index (χ1) is 31.3. The van der Waals surface area contributed by atoms with Gasteiger partial charge in [-0.25, -0.2) is 14.5 Å². The van der Waals surface area contributed by atoms with E-state index in [1.165, 1.54) is 12.0 Å². The Morgan fingerprint density at radius 1 is 0.859 bits per heavy atom. The molecule has 3 amide bonds. The summed E-state index contributed by atoms with van der Waals surface area (Å²) in [5.41, 5.74) is 6.13. The number of nitriles is 1. The zero-order valence-electron chi connectivity index (χ0n) is 36.7. The number of fused-ring (bicyclic) bond motifs is 1. The highest BCUT2D eigenvalue weighted by molar-refractivity contribution is 6.01. The average Bonchev–Trinajstić information content (AvgIpc) is 4.00. The molecule has 0 radical (unpaired) electrons. The number of likely N-dealkylation sites (tertiary alicyclic amines) is 1. The molecule has 2 saturated carbocycles. The number of carbonyl (C=O) groups is 3. The third-order valence-corrected chi connectivity index (χ3v) is 15.2. The second-order valence-electron chi connectivity index (χ2n) is 18.8. The molecular weight excluding hydrogens is 805 g/mol. The van der Waals surface area contributed by atoms with Crippen molar-refractivity contribution in [1.29, 1.82) is 5.26 Å². The number of aromatic nitrogens is 6. The molecule has 10 rings (SSSR count). The molecule has 7 heterocycles. The van der Waals surface area contributed by atoms with Crippen LogP contribution in [-0.4, -0.2) is 96.3 Å². The maximum absolute atomic E-state index is 13.3. The summed E-state index contributed by atoms with van der Waals surface area (Å²) in [6.07, 6.45) is 22.7. The Bertz CT molecular complexity index is 2530. The fourth-order valence-electron chi connectivity index (χ4n) is 10.8. The van der Waals surface area contributed by atoms with Gasteiger partial charge in [-0.3, -0.25) is 24.4 Å². The van der Waals surface area contributed by atoms with Gasteiger partial charge >= 0.3 is 0 Å². The van der Waals surface area contributed by atoms with Crippen LogP contribution >= 0.6 is 0 Å². The van der Waals surface area contributed by atoms with E-state index < -0.39 is 0 Å². The third-order valence-electron chi connectivity index (χ3n) is 15.2. The van der Waals surface area contributed by atoms with E-state index >= 15 is 0 Å². The Labute approximate surface area is 374 Å². The van der Waals surface area contributed by atoms with Crippen molar-refractivity contribution in [2.75, 3.05) is 36.4 Å². The Kier molecular flexibility index (Phi) is 11.6. The number of hydrogen-bond acceptors (Lipinski definition) is 11. The van der Waals surface area contributed by atoms with Crippen LogP contribution in [0.5, 0.6) is 0 Å². The van der Waals surface area contributed by atoms with Crippen LogP contribution < -0.4 is 20.9 Å². The number of nitrogens with zero attached hydrogens (tertiary/aromatic N) is 9. The molecule has 0 unspecified atom stereocenters. The van der Waals surface area contributed by atoms with Crippen molar-refractivity contribution in [2.45, 2.75) is 127 Å². The summed E-state index contributed by atoms with van der Waals surface area (Å²) < 4.78 is 3.86. The summed E-state index contributed by atoms with van der Waals surface area (Å²) in [5, 5.41) is 28.4. The molecule has 5 fully saturated rings. The minimum Gasteiger partial charge on any atom is -0.374 e. The molecule has 15 heteroatoms. The monoisotopic (exact) mass is 862 g/mol. The van der Waals surface area contributed by atoms with E-state index in [4.69, 9.17) is 15.1 Å². The van der Waals surface area contributed by atoms with Crippen LogP contribution in [0, 0.1) is 16.7 Å². The SMILES string of the molecule is CCC1(C(=O)NC2CCC2)CCN(c2ccc(-c3nc(-c4cnn(C5CCC(N6CCC(c7ccc(N[C@@H]8CCC(=O)NC8=O)cc7)CC6)CC5)c4)cn4ncc(C#N)c34)cn2)CC1. The maximum atomic E-state index is 13.3. The van der Waals surface area contributed by atoms with Gasteiger partial charge in [0.05, 0.1) is 41.4 Å². The van der Waals surface area contributed by atoms with Crippen LogP contribution in [0.15, 0.2) is 67.4 Å². The highest BCUT2D eigenvalue weighted by Gasteiger charge is 2.41. The summed E-state index contributed by atoms with van der Waals surface area (Å²) in [7, 11) is 0. The van der Waals surface area contributed by atoms with E-state index in [0.717, 1.165) is 125 Å². The molecule has 1 atom stereocenters. The highest BCUT2D eigenvalue weighted by atomic mass is 16.2. The molecule has 0 bridgehead atoms. The van der Waals surface area contributed by atoms with Gasteiger partial charge in [-0.15, -0.1) is 0 Å². The number of piperidine rings is 3. The van der Waals surface area contributed by atoms with E-state index in [1.807, 2.05) is 30.7 Å². The normalized spacial score (nSPS) is 23.3. The van der Waals surface area contributed by atoms with E-state index in [0.29, 0.717) is 53.7 Å². The second-order valence-corrected chi connectivity index (χ2v) is 18.8. The first kappa shape index (κ1) is 41.8. The third kappa shape index (κ3) is 8.35. The number of anilines is 2. The van der Waals surface area contributed by atoms with Crippen LogP contribution in [0.2, 0.25) is 0 Å². The lowest BCUT2D eigenvalue weighted by atomic mass is 9.74. The van der Waals surface area contributed by atoms with Crippen LogP contribution in [0.1, 0.15) is 120 Å². The van der Waals surface area contributed by atoms with Crippen molar-refractivity contribution in [3.05, 3.63) is 78.5 Å². The molecule has 4 aromatic heterocycles. The fourth-order valence-corrected chi connectivity index (χ4v) is 10.8. The average molecular weight is 863 g/mol. The predicted octanol–water partition coefficient (Wildman–Crippen LogP) is 6.77. The smallest absolute Gasteiger partial charge is 0.249 e. The predicted molar refractivity (Wildman–Crippen MR) is 243 cm³/mol. The Morgan fingerprint density at radius 2 is 1.62 bits per heavy atom. The van der Waals surface area contributed by atoms with E-state index in [-0.39, 0.29) is 29.2 Å². The molecule has 332 valence electrons. The molecule has 64 heavy (non-hydrogen) atoms. The quantitative estimate of drug-likeness (QED) is 0.119. The highest BCUT2D eigenvalue weighted by Crippen LogP contribution is 2.39. The van der Waals surface area contributed by atoms with Gasteiger partial charge in [0.15, 0.2) is 0 Å². The largest absolute Gasteiger partial charge is 0.374 e. The van der Waals surface area contributed by atoms with Gasteiger partial charge in [-0.05, 0) is 132 Å². The number of benzene rings is 1. The fraction of sp³-hybridized carbons (Fsp3) is 0.510. The first-order valence-corrected chi connectivity index (χ1v) is 23.6. The molecule has 2 aliphatic carbocycles. The molecule has 3 N–H and O–H groups in total. The lowest BCUT2D eigenvalue weighted by molar-refractivity contribution is -0.134. The van der Waals surface area contributed by atoms with E-state index in [9.17, 15) is 19.6 Å². The molecular formula is C49H58N12O3. The standard InChI is InChI=1S/C49H58N12O3/c1-2-49(48(64)55-37-4-3-5-37)20-24-59(25-21-49)43-16-8-34(27-51-43)45-46-35(26-50)28-53-61(46)31-42(56-45)36-29-52-60(30-36)40-13-11-39(12-14-40)58-22-18-33(19-23-58)32-6-9-38(10-7-32)54-41-15-17-44(62)57-47(41)63/h6-10,16,27-31,33,37,39-41,54H,2-5,11-15,17-25H2,1H3,(H,55,64)(H,57,62,63)/t39?,40?,41-/m1/s1. The molecule has 0 spiro atoms. The van der Waals surface area contributed by atoms with Crippen molar-refractivity contribution >= 4 is 34.7 Å². The van der Waals surface area contributed by atoms with Gasteiger partial charge in [0.1, 0.15) is 29.0 Å². The molecule has 5 aliphatic rings. The number of carbonyl (C=O) groups excluding carboxylic acids is 3. The Hall–Kier alpha value is -6.14. The minimum atomic E-state index is -0.374. The molecule has 15 nitrogen and oxygen atoms in total. The number of nitrogens with one attached hydrogen (secondary N) is 3. The number of imide groups is 1. The van der Waals surface area contributed by atoms with Gasteiger partial charge in [0.2, 0.25) is 17.7 Å². The number of hydrogen-bond donors (Lipinski definition) is 3. The summed E-state index contributed by atoms with van der Waals surface area (Å²) in [6.45, 7) is 5.87. The molecule has 3 saturated heterocycles. The van der Waals surface area contributed by atoms with Crippen molar-refractivity contribution in [1.82, 2.24) is 44.9 Å². The van der Waals surface area contributed by atoms with Crippen LogP contribution in [0.4, 0.5) is 11.5 Å². The Morgan fingerprint density at radius 3 is 2.30 bits per heavy atom. The number of rotatable bonds is 11. The van der Waals surface area contributed by atoms with Gasteiger partial charge < -0.3 is 20.4 Å². The lowest BCUT2D eigenvalue weighted by Crippen LogP contribution is -2.52. The van der Waals surface area contributed by atoms with Crippen molar-refractivity contribution < 1.29 is 14.4 Å². The summed E-state index contributed by atoms with van der Waals surface area (Å²) in [5.74, 6) is 1.17. The van der Waals surface area contributed by atoms with Gasteiger partial charge in [0, 0.05) is 60.8 Å². The second kappa shape index (κ2) is 17.8. The maximum Gasteiger partial charge on any atom is 0.249 e. The van der Waals surface area contributed by atoms with Crippen LogP contribution in [0.3, 0.4) is 0 Å². The van der Waals surface area contributed by atoms with E-state index in [1.54, 1.807) is 10.7 Å². The van der Waals surface area contributed by atoms with Gasteiger partial charge in [0.25, 0.3) is 0 Å². The van der Waals surface area contributed by atoms with Gasteiger partial charge in [-0.2, -0.15) is 15.5 Å². The van der Waals surface area contributed by atoms with Crippen LogP contribution in [-0.2, 0) is 14.4 Å². The van der Waals surface area contributed by atoms with Gasteiger partial charge in [-0.1, -0.05) is 19.1 Å². The molecule has 5 aromatic rings. The topological polar surface area (TPSA) is 178 Å². The van der Waals surface area contributed by atoms with Crippen molar-refractivity contribution in [3.8, 4) is 28.6 Å². The molecule has 3 aliphatic heterocycles. The Balaban J connectivity index is 0.752.